The summed E-state index contributed by atoms with van der Waals surface area (Å²) >= 11 is 5.93. The lowest BCUT2D eigenvalue weighted by molar-refractivity contribution is 0.112. The number of aldehydes is 1. The number of rotatable bonds is 4. The van der Waals surface area contributed by atoms with E-state index in [9.17, 15) is 4.79 Å². The molecule has 1 aromatic rings. The number of hydrogen-bond acceptors (Lipinski definition) is 4. The van der Waals surface area contributed by atoms with Crippen molar-refractivity contribution in [3.63, 3.8) is 0 Å². The molecule has 2 rings (SSSR count). The van der Waals surface area contributed by atoms with Crippen LogP contribution < -0.4 is 5.32 Å². The van der Waals surface area contributed by atoms with Crippen molar-refractivity contribution >= 4 is 23.7 Å². The first-order valence-corrected chi connectivity index (χ1v) is 6.71. The monoisotopic (exact) mass is 267 g/mol. The normalized spacial score (nSPS) is 23.1. The fourth-order valence-corrected chi connectivity index (χ4v) is 2.79. The molecule has 98 valence electrons. The minimum atomic E-state index is 0.222. The maximum absolute atomic E-state index is 11.0. The Morgan fingerprint density at radius 2 is 2.22 bits per heavy atom. The van der Waals surface area contributed by atoms with Crippen molar-refractivity contribution in [2.24, 2.45) is 11.8 Å². The summed E-state index contributed by atoms with van der Waals surface area (Å²) < 4.78 is 0. The average molecular weight is 268 g/mol. The van der Waals surface area contributed by atoms with Crippen LogP contribution in [0.1, 0.15) is 42.4 Å². The Kier molecular flexibility index (Phi) is 4.17. The zero-order chi connectivity index (χ0) is 13.1. The minimum Gasteiger partial charge on any atom is -0.369 e. The Morgan fingerprint density at radius 3 is 2.83 bits per heavy atom. The van der Waals surface area contributed by atoms with Crippen LogP contribution in [0.2, 0.25) is 5.15 Å². The van der Waals surface area contributed by atoms with Crippen molar-refractivity contribution in [1.82, 2.24) is 9.97 Å². The molecule has 0 aromatic carbocycles. The molecule has 1 heterocycles. The van der Waals surface area contributed by atoms with Crippen molar-refractivity contribution in [3.8, 4) is 0 Å². The molecular weight excluding hydrogens is 250 g/mol. The molecular formula is C13H18ClN3O. The Bertz CT molecular complexity index is 450. The fourth-order valence-electron chi connectivity index (χ4n) is 2.54. The molecule has 1 aliphatic carbocycles. The highest BCUT2D eigenvalue weighted by Gasteiger charge is 2.21. The summed E-state index contributed by atoms with van der Waals surface area (Å²) in [5, 5.41) is 3.46. The van der Waals surface area contributed by atoms with E-state index in [1.165, 1.54) is 19.3 Å². The van der Waals surface area contributed by atoms with Gasteiger partial charge in [-0.15, -0.1) is 0 Å². The summed E-state index contributed by atoms with van der Waals surface area (Å²) in [4.78, 5) is 19.2. The molecule has 1 fully saturated rings. The second-order valence-corrected chi connectivity index (χ2v) is 5.46. The van der Waals surface area contributed by atoms with Gasteiger partial charge in [0.25, 0.3) is 0 Å². The molecule has 0 bridgehead atoms. The summed E-state index contributed by atoms with van der Waals surface area (Å²) in [6, 6.07) is 0. The van der Waals surface area contributed by atoms with Crippen molar-refractivity contribution in [3.05, 3.63) is 16.5 Å². The van der Waals surface area contributed by atoms with Crippen LogP contribution in [-0.4, -0.2) is 22.8 Å². The number of nitrogens with one attached hydrogen (secondary N) is 1. The van der Waals surface area contributed by atoms with Gasteiger partial charge in [0.2, 0.25) is 0 Å². The van der Waals surface area contributed by atoms with E-state index in [0.717, 1.165) is 12.5 Å². The highest BCUT2D eigenvalue weighted by molar-refractivity contribution is 6.32. The van der Waals surface area contributed by atoms with Crippen LogP contribution >= 0.6 is 11.6 Å². The number of aromatic nitrogens is 2. The van der Waals surface area contributed by atoms with Crippen molar-refractivity contribution < 1.29 is 4.79 Å². The third-order valence-electron chi connectivity index (χ3n) is 3.49. The van der Waals surface area contributed by atoms with Crippen LogP contribution in [0, 0.1) is 18.8 Å². The third-order valence-corrected chi connectivity index (χ3v) is 3.78. The van der Waals surface area contributed by atoms with E-state index >= 15 is 0 Å². The molecule has 4 nitrogen and oxygen atoms in total. The van der Waals surface area contributed by atoms with E-state index in [4.69, 9.17) is 11.6 Å². The van der Waals surface area contributed by atoms with Crippen molar-refractivity contribution in [2.75, 3.05) is 11.9 Å². The maximum atomic E-state index is 11.0. The zero-order valence-corrected chi connectivity index (χ0v) is 11.5. The molecule has 1 saturated carbocycles. The number of aryl methyl sites for hydroxylation is 1. The van der Waals surface area contributed by atoms with Gasteiger partial charge in [0.1, 0.15) is 16.8 Å². The lowest BCUT2D eigenvalue weighted by Crippen LogP contribution is -2.15. The van der Waals surface area contributed by atoms with Crippen molar-refractivity contribution in [1.29, 1.82) is 0 Å². The Balaban J connectivity index is 2.06. The fraction of sp³-hybridized carbons (Fsp3) is 0.615. The number of nitrogens with zero attached hydrogens (tertiary/aromatic N) is 2. The summed E-state index contributed by atoms with van der Waals surface area (Å²) in [5.41, 5.74) is 0.355. The first kappa shape index (κ1) is 13.3. The highest BCUT2D eigenvalue weighted by atomic mass is 35.5. The number of hydrogen-bond donors (Lipinski definition) is 1. The zero-order valence-electron chi connectivity index (χ0n) is 10.7. The van der Waals surface area contributed by atoms with Gasteiger partial charge >= 0.3 is 0 Å². The Hall–Kier alpha value is -1.16. The molecule has 2 atom stereocenters. The molecule has 18 heavy (non-hydrogen) atoms. The summed E-state index contributed by atoms with van der Waals surface area (Å²) in [5.74, 6) is 2.60. The predicted molar refractivity (Wildman–Crippen MR) is 72.2 cm³/mol. The van der Waals surface area contributed by atoms with E-state index in [1.807, 2.05) is 0 Å². The van der Waals surface area contributed by atoms with Gasteiger partial charge in [-0.2, -0.15) is 0 Å². The lowest BCUT2D eigenvalue weighted by atomic mass is 10.1. The standard InChI is InChI=1S/C13H18ClN3O/c1-8-3-4-10(5-8)6-15-13-11(7-18)12(14)16-9(2)17-13/h7-8,10H,3-6H2,1-2H3,(H,15,16,17). The molecule has 2 unspecified atom stereocenters. The second-order valence-electron chi connectivity index (χ2n) is 5.11. The molecule has 0 spiro atoms. The van der Waals surface area contributed by atoms with E-state index in [2.05, 4.69) is 22.2 Å². The molecule has 0 radical (unpaired) electrons. The lowest BCUT2D eigenvalue weighted by Gasteiger charge is -2.13. The first-order valence-electron chi connectivity index (χ1n) is 6.33. The van der Waals surface area contributed by atoms with Crippen LogP contribution in [0.25, 0.3) is 0 Å². The van der Waals surface area contributed by atoms with Gasteiger partial charge in [-0.25, -0.2) is 9.97 Å². The van der Waals surface area contributed by atoms with E-state index in [0.29, 0.717) is 29.4 Å². The molecule has 0 amide bonds. The molecule has 1 N–H and O–H groups in total. The van der Waals surface area contributed by atoms with Crippen LogP contribution in [0.4, 0.5) is 5.82 Å². The highest BCUT2D eigenvalue weighted by Crippen LogP contribution is 2.30. The minimum absolute atomic E-state index is 0.222. The van der Waals surface area contributed by atoms with Crippen LogP contribution in [-0.2, 0) is 0 Å². The third kappa shape index (κ3) is 2.99. The van der Waals surface area contributed by atoms with Gasteiger partial charge in [0, 0.05) is 6.54 Å². The summed E-state index contributed by atoms with van der Waals surface area (Å²) in [6.07, 6.45) is 4.47. The van der Waals surface area contributed by atoms with Gasteiger partial charge < -0.3 is 5.32 Å². The SMILES string of the molecule is Cc1nc(Cl)c(C=O)c(NCC2CCC(C)C2)n1. The van der Waals surface area contributed by atoms with Gasteiger partial charge in [0.05, 0.1) is 5.56 Å². The van der Waals surface area contributed by atoms with E-state index in [-0.39, 0.29) is 5.15 Å². The topological polar surface area (TPSA) is 54.9 Å². The molecule has 1 aliphatic rings. The number of halogens is 1. The molecule has 0 aliphatic heterocycles. The van der Waals surface area contributed by atoms with Crippen LogP contribution in [0.5, 0.6) is 0 Å². The molecule has 5 heteroatoms. The van der Waals surface area contributed by atoms with Gasteiger partial charge in [-0.05, 0) is 31.6 Å². The number of carbonyl (C=O) groups excluding carboxylic acids is 1. The van der Waals surface area contributed by atoms with Gasteiger partial charge in [-0.1, -0.05) is 24.9 Å². The number of anilines is 1. The molecule has 1 aromatic heterocycles. The largest absolute Gasteiger partial charge is 0.369 e. The smallest absolute Gasteiger partial charge is 0.156 e. The molecule has 0 saturated heterocycles. The van der Waals surface area contributed by atoms with E-state index in [1.54, 1.807) is 6.92 Å². The van der Waals surface area contributed by atoms with Crippen molar-refractivity contribution in [2.45, 2.75) is 33.1 Å². The van der Waals surface area contributed by atoms with Gasteiger partial charge in [0.15, 0.2) is 6.29 Å². The predicted octanol–water partition coefficient (Wildman–Crippen LogP) is 3.10. The first-order chi connectivity index (χ1) is 8.60. The second kappa shape index (κ2) is 5.65. The van der Waals surface area contributed by atoms with Gasteiger partial charge in [-0.3, -0.25) is 4.79 Å². The van der Waals surface area contributed by atoms with Crippen LogP contribution in [0.15, 0.2) is 0 Å². The number of carbonyl (C=O) groups is 1. The summed E-state index contributed by atoms with van der Waals surface area (Å²) in [6.45, 7) is 4.89. The quantitative estimate of drug-likeness (QED) is 0.673. The Morgan fingerprint density at radius 1 is 1.44 bits per heavy atom. The maximum Gasteiger partial charge on any atom is 0.156 e. The summed E-state index contributed by atoms with van der Waals surface area (Å²) in [7, 11) is 0. The van der Waals surface area contributed by atoms with E-state index < -0.39 is 0 Å². The van der Waals surface area contributed by atoms with Crippen LogP contribution in [0.3, 0.4) is 0 Å². The Labute approximate surface area is 112 Å². The average Bonchev–Trinajstić information content (AvgIpc) is 2.72.